The standard InChI is InChI=1S/C15H22F2N2O/c1-10-3-4-19(9-15(10)20-2)14(8-18)11-5-12(16)7-13(17)6-11/h5-7,10,14-15H,3-4,8-9,18H2,1-2H3. The molecule has 0 spiro atoms. The highest BCUT2D eigenvalue weighted by molar-refractivity contribution is 5.22. The van der Waals surface area contributed by atoms with Crippen LogP contribution in [0.5, 0.6) is 0 Å². The van der Waals surface area contributed by atoms with Crippen LogP contribution in [0.3, 0.4) is 0 Å². The predicted octanol–water partition coefficient (Wildman–Crippen LogP) is 2.32. The highest BCUT2D eigenvalue weighted by Crippen LogP contribution is 2.28. The zero-order chi connectivity index (χ0) is 14.7. The average molecular weight is 284 g/mol. The largest absolute Gasteiger partial charge is 0.380 e. The molecule has 0 radical (unpaired) electrons. The summed E-state index contributed by atoms with van der Waals surface area (Å²) in [5.74, 6) is -0.641. The molecule has 0 aromatic heterocycles. The molecule has 3 unspecified atom stereocenters. The number of nitrogens with two attached hydrogens (primary N) is 1. The Labute approximate surface area is 118 Å². The monoisotopic (exact) mass is 284 g/mol. The minimum atomic E-state index is -0.563. The van der Waals surface area contributed by atoms with E-state index in [0.29, 0.717) is 18.0 Å². The predicted molar refractivity (Wildman–Crippen MR) is 74.3 cm³/mol. The third-order valence-electron chi connectivity index (χ3n) is 4.16. The van der Waals surface area contributed by atoms with Crippen molar-refractivity contribution in [2.75, 3.05) is 26.7 Å². The van der Waals surface area contributed by atoms with Crippen LogP contribution >= 0.6 is 0 Å². The van der Waals surface area contributed by atoms with E-state index in [2.05, 4.69) is 11.8 Å². The molecule has 1 aromatic rings. The minimum absolute atomic E-state index is 0.135. The van der Waals surface area contributed by atoms with Gasteiger partial charge in [0.15, 0.2) is 0 Å². The van der Waals surface area contributed by atoms with Gasteiger partial charge in [-0.15, -0.1) is 0 Å². The highest BCUT2D eigenvalue weighted by Gasteiger charge is 2.30. The maximum absolute atomic E-state index is 13.4. The smallest absolute Gasteiger partial charge is 0.126 e. The summed E-state index contributed by atoms with van der Waals surface area (Å²) in [5, 5.41) is 0. The SMILES string of the molecule is COC1CN(C(CN)c2cc(F)cc(F)c2)CCC1C. The summed E-state index contributed by atoms with van der Waals surface area (Å²) in [7, 11) is 1.70. The Kier molecular flexibility index (Phi) is 5.07. The van der Waals surface area contributed by atoms with Gasteiger partial charge < -0.3 is 10.5 Å². The highest BCUT2D eigenvalue weighted by atomic mass is 19.1. The zero-order valence-corrected chi connectivity index (χ0v) is 12.0. The maximum atomic E-state index is 13.4. The number of nitrogens with zero attached hydrogens (tertiary/aromatic N) is 1. The average Bonchev–Trinajstić information content (AvgIpc) is 2.40. The van der Waals surface area contributed by atoms with E-state index in [0.717, 1.165) is 25.6 Å². The van der Waals surface area contributed by atoms with Crippen molar-refractivity contribution in [3.05, 3.63) is 35.4 Å². The number of hydrogen-bond donors (Lipinski definition) is 1. The van der Waals surface area contributed by atoms with Crippen LogP contribution in [-0.2, 0) is 4.74 Å². The van der Waals surface area contributed by atoms with Crippen molar-refractivity contribution in [3.8, 4) is 0 Å². The normalized spacial score (nSPS) is 25.6. The molecule has 0 aliphatic carbocycles. The van der Waals surface area contributed by atoms with Gasteiger partial charge in [-0.3, -0.25) is 4.90 Å². The summed E-state index contributed by atoms with van der Waals surface area (Å²) in [6.45, 7) is 4.08. The van der Waals surface area contributed by atoms with Crippen molar-refractivity contribution in [2.45, 2.75) is 25.5 Å². The first kappa shape index (κ1) is 15.4. The van der Waals surface area contributed by atoms with Gasteiger partial charge in [-0.2, -0.15) is 0 Å². The second-order valence-electron chi connectivity index (χ2n) is 5.49. The van der Waals surface area contributed by atoms with Crippen molar-refractivity contribution >= 4 is 0 Å². The number of hydrogen-bond acceptors (Lipinski definition) is 3. The first-order valence-electron chi connectivity index (χ1n) is 6.98. The van der Waals surface area contributed by atoms with E-state index in [4.69, 9.17) is 10.5 Å². The van der Waals surface area contributed by atoms with E-state index in [9.17, 15) is 8.78 Å². The summed E-state index contributed by atoms with van der Waals surface area (Å²) in [4.78, 5) is 2.16. The van der Waals surface area contributed by atoms with Crippen LogP contribution < -0.4 is 5.73 Å². The molecular formula is C15H22F2N2O. The molecular weight excluding hydrogens is 262 g/mol. The van der Waals surface area contributed by atoms with Crippen molar-refractivity contribution in [3.63, 3.8) is 0 Å². The van der Waals surface area contributed by atoms with E-state index < -0.39 is 11.6 Å². The van der Waals surface area contributed by atoms with E-state index in [1.165, 1.54) is 12.1 Å². The van der Waals surface area contributed by atoms with Crippen molar-refractivity contribution < 1.29 is 13.5 Å². The van der Waals surface area contributed by atoms with Crippen LogP contribution in [0.2, 0.25) is 0 Å². The van der Waals surface area contributed by atoms with Gasteiger partial charge >= 0.3 is 0 Å². The zero-order valence-electron chi connectivity index (χ0n) is 12.0. The number of benzene rings is 1. The molecule has 1 fully saturated rings. The fraction of sp³-hybridized carbons (Fsp3) is 0.600. The third-order valence-corrected chi connectivity index (χ3v) is 4.16. The summed E-state index contributed by atoms with van der Waals surface area (Å²) in [5.41, 5.74) is 6.42. The molecule has 1 aliphatic heterocycles. The van der Waals surface area contributed by atoms with E-state index in [1.54, 1.807) is 7.11 Å². The van der Waals surface area contributed by atoms with Crippen LogP contribution in [0.1, 0.15) is 24.9 Å². The molecule has 0 saturated carbocycles. The quantitative estimate of drug-likeness (QED) is 0.922. The topological polar surface area (TPSA) is 38.5 Å². The van der Waals surface area contributed by atoms with Gasteiger partial charge in [0.05, 0.1) is 6.10 Å². The summed E-state index contributed by atoms with van der Waals surface area (Å²) >= 11 is 0. The molecule has 1 saturated heterocycles. The molecule has 3 nitrogen and oxygen atoms in total. The van der Waals surface area contributed by atoms with Gasteiger partial charge in [0.1, 0.15) is 11.6 Å². The first-order valence-corrected chi connectivity index (χ1v) is 6.98. The van der Waals surface area contributed by atoms with Gasteiger partial charge in [-0.25, -0.2) is 8.78 Å². The molecule has 0 bridgehead atoms. The Bertz CT molecular complexity index is 435. The summed E-state index contributed by atoms with van der Waals surface area (Å²) in [6.07, 6.45) is 1.13. The fourth-order valence-corrected chi connectivity index (χ4v) is 2.91. The van der Waals surface area contributed by atoms with Crippen molar-refractivity contribution in [2.24, 2.45) is 11.7 Å². The van der Waals surface area contributed by atoms with Crippen LogP contribution in [-0.4, -0.2) is 37.7 Å². The van der Waals surface area contributed by atoms with E-state index in [1.807, 2.05) is 0 Å². The molecule has 1 heterocycles. The number of ether oxygens (including phenoxy) is 1. The van der Waals surface area contributed by atoms with E-state index >= 15 is 0 Å². The second kappa shape index (κ2) is 6.61. The van der Waals surface area contributed by atoms with Crippen LogP contribution in [0.25, 0.3) is 0 Å². The second-order valence-corrected chi connectivity index (χ2v) is 5.49. The van der Waals surface area contributed by atoms with Crippen LogP contribution in [0.4, 0.5) is 8.78 Å². The number of rotatable bonds is 4. The molecule has 1 aliphatic rings. The van der Waals surface area contributed by atoms with Crippen LogP contribution in [0.15, 0.2) is 18.2 Å². The lowest BCUT2D eigenvalue weighted by molar-refractivity contribution is -0.0183. The Morgan fingerprint density at radius 1 is 1.35 bits per heavy atom. The Hall–Kier alpha value is -1.04. The minimum Gasteiger partial charge on any atom is -0.380 e. The van der Waals surface area contributed by atoms with Crippen molar-refractivity contribution in [1.82, 2.24) is 4.90 Å². The molecule has 0 amide bonds. The molecule has 5 heteroatoms. The molecule has 1 aromatic carbocycles. The van der Waals surface area contributed by atoms with Gasteiger partial charge in [-0.05, 0) is 36.6 Å². The Morgan fingerprint density at radius 3 is 2.55 bits per heavy atom. The van der Waals surface area contributed by atoms with Crippen LogP contribution in [0, 0.1) is 17.6 Å². The lowest BCUT2D eigenvalue weighted by Gasteiger charge is -2.40. The number of methoxy groups -OCH3 is 1. The van der Waals surface area contributed by atoms with Gasteiger partial charge in [0.2, 0.25) is 0 Å². The van der Waals surface area contributed by atoms with Gasteiger partial charge in [0.25, 0.3) is 0 Å². The third kappa shape index (κ3) is 3.34. The lowest BCUT2D eigenvalue weighted by Crippen LogP contribution is -2.47. The van der Waals surface area contributed by atoms with Crippen molar-refractivity contribution in [1.29, 1.82) is 0 Å². The summed E-state index contributed by atoms with van der Waals surface area (Å²) in [6, 6.07) is 3.43. The van der Waals surface area contributed by atoms with Gasteiger partial charge in [0, 0.05) is 32.3 Å². The number of halogens is 2. The molecule has 112 valence electrons. The Balaban J connectivity index is 2.19. The molecule has 3 atom stereocenters. The maximum Gasteiger partial charge on any atom is 0.126 e. The fourth-order valence-electron chi connectivity index (χ4n) is 2.91. The summed E-state index contributed by atoms with van der Waals surface area (Å²) < 4.78 is 32.2. The lowest BCUT2D eigenvalue weighted by atomic mass is 9.93. The molecule has 2 N–H and O–H groups in total. The number of likely N-dealkylation sites (tertiary alicyclic amines) is 1. The first-order chi connectivity index (χ1) is 9.55. The number of piperidine rings is 1. The molecule has 20 heavy (non-hydrogen) atoms. The molecule has 2 rings (SSSR count). The Morgan fingerprint density at radius 2 is 2.00 bits per heavy atom. The van der Waals surface area contributed by atoms with Gasteiger partial charge in [-0.1, -0.05) is 6.92 Å². The van der Waals surface area contributed by atoms with E-state index in [-0.39, 0.29) is 12.1 Å².